The van der Waals surface area contributed by atoms with Crippen LogP contribution in [0.2, 0.25) is 0 Å². The van der Waals surface area contributed by atoms with Crippen LogP contribution in [0.3, 0.4) is 0 Å². The molecular weight excluding hydrogens is 170 g/mol. The van der Waals surface area contributed by atoms with Crippen LogP contribution < -0.4 is 4.90 Å². The third-order valence-corrected chi connectivity index (χ3v) is 2.25. The number of rotatable bonds is 5. The first-order valence-electron chi connectivity index (χ1n) is 5.12. The van der Waals surface area contributed by atoms with Crippen molar-refractivity contribution in [3.05, 3.63) is 30.3 Å². The van der Waals surface area contributed by atoms with Gasteiger partial charge in [-0.2, -0.15) is 0 Å². The van der Waals surface area contributed by atoms with Gasteiger partial charge < -0.3 is 4.90 Å². The zero-order chi connectivity index (χ0) is 10.2. The predicted octanol–water partition coefficient (Wildman–Crippen LogP) is 2.93. The van der Waals surface area contributed by atoms with Crippen molar-refractivity contribution in [1.29, 1.82) is 0 Å². The first-order valence-corrected chi connectivity index (χ1v) is 5.12. The van der Waals surface area contributed by atoms with Crippen molar-refractivity contribution in [3.8, 4) is 12.3 Å². The quantitative estimate of drug-likeness (QED) is 0.506. The van der Waals surface area contributed by atoms with Gasteiger partial charge in [-0.3, -0.25) is 0 Å². The van der Waals surface area contributed by atoms with E-state index in [2.05, 4.69) is 42.0 Å². The molecule has 0 spiro atoms. The largest absolute Gasteiger partial charge is 0.372 e. The monoisotopic (exact) mass is 187 g/mol. The van der Waals surface area contributed by atoms with Crippen molar-refractivity contribution >= 4 is 5.69 Å². The van der Waals surface area contributed by atoms with Crippen molar-refractivity contribution < 1.29 is 0 Å². The summed E-state index contributed by atoms with van der Waals surface area (Å²) in [7, 11) is 0. The lowest BCUT2D eigenvalue weighted by atomic mass is 10.2. The van der Waals surface area contributed by atoms with E-state index in [1.54, 1.807) is 0 Å². The van der Waals surface area contributed by atoms with E-state index in [0.717, 1.165) is 25.9 Å². The van der Waals surface area contributed by atoms with Crippen LogP contribution >= 0.6 is 0 Å². The van der Waals surface area contributed by atoms with Crippen LogP contribution in [0, 0.1) is 12.3 Å². The summed E-state index contributed by atoms with van der Waals surface area (Å²) in [6.07, 6.45) is 7.16. The van der Waals surface area contributed by atoms with E-state index in [-0.39, 0.29) is 0 Å². The molecule has 1 rings (SSSR count). The van der Waals surface area contributed by atoms with Crippen LogP contribution in [0.15, 0.2) is 30.3 Å². The standard InChI is InChI=1S/C13H17N/c1-3-5-9-12-14(4-2)13-10-7-6-8-11-13/h1,6-8,10-11H,4-5,9,12H2,2H3. The van der Waals surface area contributed by atoms with Gasteiger partial charge >= 0.3 is 0 Å². The molecule has 0 amide bonds. The van der Waals surface area contributed by atoms with Crippen LogP contribution in [-0.2, 0) is 0 Å². The first-order chi connectivity index (χ1) is 6.88. The minimum absolute atomic E-state index is 0.864. The molecule has 0 aliphatic heterocycles. The Hall–Kier alpha value is -1.42. The van der Waals surface area contributed by atoms with Crippen LogP contribution in [-0.4, -0.2) is 13.1 Å². The van der Waals surface area contributed by atoms with Crippen molar-refractivity contribution in [1.82, 2.24) is 0 Å². The van der Waals surface area contributed by atoms with Gasteiger partial charge in [-0.25, -0.2) is 0 Å². The SMILES string of the molecule is C#CCCCN(CC)c1ccccc1. The number of hydrogen-bond donors (Lipinski definition) is 0. The maximum Gasteiger partial charge on any atom is 0.0366 e. The Morgan fingerprint density at radius 1 is 1.29 bits per heavy atom. The average molecular weight is 187 g/mol. The van der Waals surface area contributed by atoms with Gasteiger partial charge in [0.2, 0.25) is 0 Å². The minimum Gasteiger partial charge on any atom is -0.372 e. The predicted molar refractivity (Wildman–Crippen MR) is 62.4 cm³/mol. The highest BCUT2D eigenvalue weighted by atomic mass is 15.1. The fourth-order valence-corrected chi connectivity index (χ4v) is 1.48. The van der Waals surface area contributed by atoms with E-state index >= 15 is 0 Å². The van der Waals surface area contributed by atoms with Gasteiger partial charge in [-0.05, 0) is 25.5 Å². The van der Waals surface area contributed by atoms with Gasteiger partial charge in [0.15, 0.2) is 0 Å². The third kappa shape index (κ3) is 3.14. The molecule has 0 aliphatic rings. The fourth-order valence-electron chi connectivity index (χ4n) is 1.48. The highest BCUT2D eigenvalue weighted by Gasteiger charge is 2.01. The number of terminal acetylenes is 1. The molecule has 0 unspecified atom stereocenters. The van der Waals surface area contributed by atoms with Gasteiger partial charge in [-0.15, -0.1) is 12.3 Å². The molecule has 0 saturated carbocycles. The van der Waals surface area contributed by atoms with Gasteiger partial charge in [0.1, 0.15) is 0 Å². The van der Waals surface area contributed by atoms with Gasteiger partial charge in [0.25, 0.3) is 0 Å². The molecule has 0 radical (unpaired) electrons. The second-order valence-corrected chi connectivity index (χ2v) is 3.22. The van der Waals surface area contributed by atoms with Crippen LogP contribution in [0.25, 0.3) is 0 Å². The molecule has 0 aliphatic carbocycles. The van der Waals surface area contributed by atoms with Gasteiger partial charge in [0, 0.05) is 25.2 Å². The fraction of sp³-hybridized carbons (Fsp3) is 0.385. The van der Waals surface area contributed by atoms with Gasteiger partial charge in [-0.1, -0.05) is 18.2 Å². The second kappa shape index (κ2) is 6.10. The van der Waals surface area contributed by atoms with Crippen molar-refractivity contribution in [2.75, 3.05) is 18.0 Å². The van der Waals surface area contributed by atoms with E-state index < -0.39 is 0 Å². The molecule has 0 aromatic heterocycles. The van der Waals surface area contributed by atoms with E-state index in [0.29, 0.717) is 0 Å². The summed E-state index contributed by atoms with van der Waals surface area (Å²) >= 11 is 0. The maximum absolute atomic E-state index is 5.23. The topological polar surface area (TPSA) is 3.24 Å². The molecule has 1 aromatic carbocycles. The second-order valence-electron chi connectivity index (χ2n) is 3.22. The molecular formula is C13H17N. The normalized spacial score (nSPS) is 9.43. The summed E-state index contributed by atoms with van der Waals surface area (Å²) in [6, 6.07) is 10.5. The van der Waals surface area contributed by atoms with Crippen molar-refractivity contribution in [2.24, 2.45) is 0 Å². The van der Waals surface area contributed by atoms with Crippen LogP contribution in [0.4, 0.5) is 5.69 Å². The Kier molecular flexibility index (Phi) is 4.64. The molecule has 0 saturated heterocycles. The molecule has 74 valence electrons. The summed E-state index contributed by atoms with van der Waals surface area (Å²) < 4.78 is 0. The summed E-state index contributed by atoms with van der Waals surface area (Å²) in [4.78, 5) is 2.34. The molecule has 0 heterocycles. The van der Waals surface area contributed by atoms with E-state index in [1.807, 2.05) is 6.07 Å². The maximum atomic E-state index is 5.23. The summed E-state index contributed by atoms with van der Waals surface area (Å²) in [5, 5.41) is 0. The minimum atomic E-state index is 0.864. The smallest absolute Gasteiger partial charge is 0.0366 e. The molecule has 0 atom stereocenters. The molecule has 14 heavy (non-hydrogen) atoms. The van der Waals surface area contributed by atoms with E-state index in [1.165, 1.54) is 5.69 Å². The Morgan fingerprint density at radius 2 is 2.00 bits per heavy atom. The first kappa shape index (κ1) is 10.7. The highest BCUT2D eigenvalue weighted by Crippen LogP contribution is 2.13. The number of nitrogens with zero attached hydrogens (tertiary/aromatic N) is 1. The zero-order valence-corrected chi connectivity index (χ0v) is 8.74. The molecule has 0 fully saturated rings. The molecule has 1 aromatic rings. The van der Waals surface area contributed by atoms with E-state index in [9.17, 15) is 0 Å². The molecule has 0 N–H and O–H groups in total. The third-order valence-electron chi connectivity index (χ3n) is 2.25. The van der Waals surface area contributed by atoms with Crippen LogP contribution in [0.1, 0.15) is 19.8 Å². The van der Waals surface area contributed by atoms with Crippen LogP contribution in [0.5, 0.6) is 0 Å². The lowest BCUT2D eigenvalue weighted by Gasteiger charge is -2.22. The van der Waals surface area contributed by atoms with Crippen molar-refractivity contribution in [2.45, 2.75) is 19.8 Å². The Balaban J connectivity index is 2.51. The number of benzene rings is 1. The number of hydrogen-bond acceptors (Lipinski definition) is 1. The summed E-state index contributed by atoms with van der Waals surface area (Å²) in [6.45, 7) is 4.25. The van der Waals surface area contributed by atoms with Crippen molar-refractivity contribution in [3.63, 3.8) is 0 Å². The Labute approximate surface area is 86.7 Å². The molecule has 0 bridgehead atoms. The zero-order valence-electron chi connectivity index (χ0n) is 8.74. The number of unbranched alkanes of at least 4 members (excludes halogenated alkanes) is 1. The number of para-hydroxylation sites is 1. The van der Waals surface area contributed by atoms with E-state index in [4.69, 9.17) is 6.42 Å². The molecule has 1 heteroatoms. The average Bonchev–Trinajstić information content (AvgIpc) is 2.26. The Bertz CT molecular complexity index is 284. The molecule has 1 nitrogen and oxygen atoms in total. The summed E-state index contributed by atoms with van der Waals surface area (Å²) in [5.74, 6) is 2.67. The Morgan fingerprint density at radius 3 is 2.57 bits per heavy atom. The number of anilines is 1. The highest BCUT2D eigenvalue weighted by molar-refractivity contribution is 5.45. The summed E-state index contributed by atoms with van der Waals surface area (Å²) in [5.41, 5.74) is 1.28. The lowest BCUT2D eigenvalue weighted by molar-refractivity contribution is 0.764. The van der Waals surface area contributed by atoms with Gasteiger partial charge in [0.05, 0.1) is 0 Å². The lowest BCUT2D eigenvalue weighted by Crippen LogP contribution is -2.23.